The van der Waals surface area contributed by atoms with Crippen LogP contribution in [0.15, 0.2) is 77.6 Å². The number of para-hydroxylation sites is 1. The fraction of sp³-hybridized carbons (Fsp3) is 0.179. The summed E-state index contributed by atoms with van der Waals surface area (Å²) in [6, 6.07) is 22.9. The van der Waals surface area contributed by atoms with E-state index in [-0.39, 0.29) is 17.2 Å². The Morgan fingerprint density at radius 1 is 1.03 bits per heavy atom. The van der Waals surface area contributed by atoms with Crippen molar-refractivity contribution < 1.29 is 9.53 Å². The molecule has 7 heteroatoms. The molecule has 3 aromatic carbocycles. The van der Waals surface area contributed by atoms with Crippen molar-refractivity contribution in [2.45, 2.75) is 13.3 Å². The molecule has 0 aliphatic heterocycles. The highest BCUT2D eigenvalue weighted by molar-refractivity contribution is 6.16. The van der Waals surface area contributed by atoms with E-state index in [0.29, 0.717) is 35.3 Å². The van der Waals surface area contributed by atoms with Gasteiger partial charge in [-0.15, -0.1) is 0 Å². The number of carbonyl (C=O) groups excluding carboxylic acids is 1. The summed E-state index contributed by atoms with van der Waals surface area (Å²) >= 11 is 0. The van der Waals surface area contributed by atoms with Crippen molar-refractivity contribution in [1.29, 1.82) is 0 Å². The van der Waals surface area contributed by atoms with Crippen molar-refractivity contribution in [3.05, 3.63) is 100.0 Å². The van der Waals surface area contributed by atoms with E-state index in [1.54, 1.807) is 31.4 Å². The van der Waals surface area contributed by atoms with Gasteiger partial charge in [-0.2, -0.15) is 9.78 Å². The van der Waals surface area contributed by atoms with Crippen LogP contribution >= 0.6 is 0 Å². The fourth-order valence-electron chi connectivity index (χ4n) is 4.51. The van der Waals surface area contributed by atoms with Crippen molar-refractivity contribution in [2.24, 2.45) is 7.05 Å². The molecule has 176 valence electrons. The standard InChI is InChI=1S/C28H26N4O3/c1-18-7-6-8-19(17-18)15-16-29-27(33)25-24-22-9-4-5-10-23(22)31(2)26(24)28(34)32(30-25)20-11-13-21(35-3)14-12-20/h4-14,17H,15-16H2,1-3H3,(H,29,33). The molecule has 0 atom stereocenters. The molecule has 35 heavy (non-hydrogen) atoms. The highest BCUT2D eigenvalue weighted by Crippen LogP contribution is 2.28. The first-order valence-electron chi connectivity index (χ1n) is 11.5. The van der Waals surface area contributed by atoms with Gasteiger partial charge < -0.3 is 14.6 Å². The predicted octanol–water partition coefficient (Wildman–Crippen LogP) is 4.17. The van der Waals surface area contributed by atoms with Crippen molar-refractivity contribution in [1.82, 2.24) is 19.7 Å². The number of methoxy groups -OCH3 is 1. The Balaban J connectivity index is 1.61. The second-order valence-corrected chi connectivity index (χ2v) is 8.56. The number of benzene rings is 3. The lowest BCUT2D eigenvalue weighted by molar-refractivity contribution is 0.0949. The quantitative estimate of drug-likeness (QED) is 0.408. The number of aryl methyl sites for hydroxylation is 2. The number of nitrogens with zero attached hydrogens (tertiary/aromatic N) is 3. The maximum atomic E-state index is 13.6. The molecular formula is C28H26N4O3. The van der Waals surface area contributed by atoms with Gasteiger partial charge in [-0.25, -0.2) is 0 Å². The van der Waals surface area contributed by atoms with Gasteiger partial charge in [0.1, 0.15) is 11.3 Å². The minimum Gasteiger partial charge on any atom is -0.497 e. The molecule has 0 radical (unpaired) electrons. The molecule has 0 spiro atoms. The molecule has 0 aliphatic carbocycles. The molecule has 0 unspecified atom stereocenters. The second kappa shape index (κ2) is 9.10. The first kappa shape index (κ1) is 22.4. The van der Waals surface area contributed by atoms with Crippen LogP contribution in [0.1, 0.15) is 21.6 Å². The Kier molecular flexibility index (Phi) is 5.82. The lowest BCUT2D eigenvalue weighted by Crippen LogP contribution is -2.31. The number of hydrogen-bond donors (Lipinski definition) is 1. The highest BCUT2D eigenvalue weighted by Gasteiger charge is 2.23. The molecule has 5 rings (SSSR count). The summed E-state index contributed by atoms with van der Waals surface area (Å²) < 4.78 is 8.36. The highest BCUT2D eigenvalue weighted by atomic mass is 16.5. The van der Waals surface area contributed by atoms with Gasteiger partial charge in [0.05, 0.1) is 12.8 Å². The van der Waals surface area contributed by atoms with E-state index in [4.69, 9.17) is 4.74 Å². The fourth-order valence-corrected chi connectivity index (χ4v) is 4.51. The van der Waals surface area contributed by atoms with Gasteiger partial charge in [-0.1, -0.05) is 48.0 Å². The lowest BCUT2D eigenvalue weighted by atomic mass is 10.1. The van der Waals surface area contributed by atoms with Crippen LogP contribution in [0.25, 0.3) is 27.5 Å². The minimum atomic E-state index is -0.318. The first-order valence-corrected chi connectivity index (χ1v) is 11.5. The molecule has 1 N–H and O–H groups in total. The monoisotopic (exact) mass is 466 g/mol. The third-order valence-electron chi connectivity index (χ3n) is 6.25. The van der Waals surface area contributed by atoms with Crippen molar-refractivity contribution in [3.8, 4) is 11.4 Å². The van der Waals surface area contributed by atoms with Gasteiger partial charge in [0, 0.05) is 29.9 Å². The maximum absolute atomic E-state index is 13.6. The Hall–Kier alpha value is -4.39. The first-order chi connectivity index (χ1) is 17.0. The number of ether oxygens (including phenoxy) is 1. The third kappa shape index (κ3) is 4.05. The molecule has 0 bridgehead atoms. The number of carbonyl (C=O) groups is 1. The van der Waals surface area contributed by atoms with Crippen LogP contribution in [0.3, 0.4) is 0 Å². The maximum Gasteiger partial charge on any atom is 0.296 e. The van der Waals surface area contributed by atoms with Crippen LogP contribution in [0, 0.1) is 6.92 Å². The summed E-state index contributed by atoms with van der Waals surface area (Å²) in [5, 5.41) is 8.95. The zero-order chi connectivity index (χ0) is 24.5. The van der Waals surface area contributed by atoms with E-state index in [1.165, 1.54) is 10.2 Å². The van der Waals surface area contributed by atoms with Crippen LogP contribution in [0.2, 0.25) is 0 Å². The zero-order valence-corrected chi connectivity index (χ0v) is 19.9. The number of aromatic nitrogens is 3. The summed E-state index contributed by atoms with van der Waals surface area (Å²) in [6.07, 6.45) is 0.699. The molecule has 0 saturated carbocycles. The summed E-state index contributed by atoms with van der Waals surface area (Å²) in [7, 11) is 3.42. The smallest absolute Gasteiger partial charge is 0.296 e. The van der Waals surface area contributed by atoms with Gasteiger partial charge >= 0.3 is 0 Å². The third-order valence-corrected chi connectivity index (χ3v) is 6.25. The molecule has 0 saturated heterocycles. The van der Waals surface area contributed by atoms with Crippen LogP contribution in [0.5, 0.6) is 5.75 Å². The molecule has 0 fully saturated rings. The molecule has 7 nitrogen and oxygen atoms in total. The van der Waals surface area contributed by atoms with E-state index in [0.717, 1.165) is 16.5 Å². The largest absolute Gasteiger partial charge is 0.497 e. The van der Waals surface area contributed by atoms with Crippen LogP contribution in [-0.2, 0) is 13.5 Å². The van der Waals surface area contributed by atoms with Crippen molar-refractivity contribution in [2.75, 3.05) is 13.7 Å². The zero-order valence-electron chi connectivity index (χ0n) is 19.9. The van der Waals surface area contributed by atoms with Crippen molar-refractivity contribution >= 4 is 27.7 Å². The lowest BCUT2D eigenvalue weighted by Gasteiger charge is -2.11. The van der Waals surface area contributed by atoms with Gasteiger partial charge in [0.2, 0.25) is 0 Å². The normalized spacial score (nSPS) is 11.2. The van der Waals surface area contributed by atoms with Crippen LogP contribution < -0.4 is 15.6 Å². The van der Waals surface area contributed by atoms with Gasteiger partial charge in [0.25, 0.3) is 11.5 Å². The summed E-state index contributed by atoms with van der Waals surface area (Å²) in [5.41, 5.74) is 4.10. The van der Waals surface area contributed by atoms with Gasteiger partial charge in [-0.05, 0) is 49.2 Å². The molecule has 1 amide bonds. The Bertz CT molecular complexity index is 1610. The molecular weight excluding hydrogens is 440 g/mol. The number of fused-ring (bicyclic) bond motifs is 3. The Morgan fingerprint density at radius 2 is 1.80 bits per heavy atom. The average molecular weight is 467 g/mol. The van der Waals surface area contributed by atoms with E-state index in [2.05, 4.69) is 16.5 Å². The number of hydrogen-bond acceptors (Lipinski definition) is 4. The number of rotatable bonds is 6. The number of nitrogens with one attached hydrogen (secondary N) is 1. The second-order valence-electron chi connectivity index (χ2n) is 8.56. The van der Waals surface area contributed by atoms with E-state index >= 15 is 0 Å². The number of amides is 1. The summed E-state index contributed by atoms with van der Waals surface area (Å²) in [4.78, 5) is 27.0. The predicted molar refractivity (Wildman–Crippen MR) is 138 cm³/mol. The van der Waals surface area contributed by atoms with E-state index in [9.17, 15) is 9.59 Å². The van der Waals surface area contributed by atoms with Crippen molar-refractivity contribution in [3.63, 3.8) is 0 Å². The molecule has 0 aliphatic rings. The Morgan fingerprint density at radius 3 is 2.54 bits per heavy atom. The van der Waals surface area contributed by atoms with Crippen LogP contribution in [-0.4, -0.2) is 33.9 Å². The molecule has 5 aromatic rings. The summed E-state index contributed by atoms with van der Waals surface area (Å²) in [5.74, 6) is 0.350. The SMILES string of the molecule is COc1ccc(-n2nc(C(=O)NCCc3cccc(C)c3)c3c4ccccc4n(C)c3c2=O)cc1. The van der Waals surface area contributed by atoms with Gasteiger partial charge in [-0.3, -0.25) is 9.59 Å². The summed E-state index contributed by atoms with van der Waals surface area (Å²) in [6.45, 7) is 2.50. The topological polar surface area (TPSA) is 78.2 Å². The minimum absolute atomic E-state index is 0.219. The molecule has 2 heterocycles. The Labute approximate surface area is 202 Å². The van der Waals surface area contributed by atoms with Gasteiger partial charge in [0.15, 0.2) is 5.69 Å². The van der Waals surface area contributed by atoms with E-state index < -0.39 is 0 Å². The van der Waals surface area contributed by atoms with Crippen LogP contribution in [0.4, 0.5) is 0 Å². The molecule has 2 aromatic heterocycles. The average Bonchev–Trinajstić information content (AvgIpc) is 3.17. The van der Waals surface area contributed by atoms with E-state index in [1.807, 2.05) is 61.0 Å².